The third-order valence-corrected chi connectivity index (χ3v) is 3.47. The lowest BCUT2D eigenvalue weighted by molar-refractivity contribution is 0.413. The van der Waals surface area contributed by atoms with Crippen LogP contribution in [0.3, 0.4) is 0 Å². The number of nitrogens with zero attached hydrogens (tertiary/aromatic N) is 1. The van der Waals surface area contributed by atoms with Crippen molar-refractivity contribution in [3.05, 3.63) is 18.3 Å². The molecule has 1 heterocycles. The van der Waals surface area contributed by atoms with Crippen molar-refractivity contribution in [1.82, 2.24) is 4.98 Å². The van der Waals surface area contributed by atoms with Gasteiger partial charge in [-0.25, -0.2) is 4.98 Å². The van der Waals surface area contributed by atoms with E-state index in [2.05, 4.69) is 40.1 Å². The molecule has 15 heavy (non-hydrogen) atoms. The summed E-state index contributed by atoms with van der Waals surface area (Å²) in [5, 5.41) is 4.31. The molecule has 0 radical (unpaired) electrons. The summed E-state index contributed by atoms with van der Waals surface area (Å²) in [6.07, 6.45) is 1.76. The van der Waals surface area contributed by atoms with Gasteiger partial charge in [0.2, 0.25) is 0 Å². The molecule has 3 nitrogen and oxygen atoms in total. The summed E-state index contributed by atoms with van der Waals surface area (Å²) in [7, 11) is 1.65. The number of pyridine rings is 1. The Kier molecular flexibility index (Phi) is 4.88. The van der Waals surface area contributed by atoms with Crippen molar-refractivity contribution in [2.45, 2.75) is 19.9 Å². The van der Waals surface area contributed by atoms with Crippen LogP contribution in [-0.2, 0) is 0 Å². The first-order chi connectivity index (χ1) is 7.19. The first-order valence-electron chi connectivity index (χ1n) is 5.00. The van der Waals surface area contributed by atoms with Gasteiger partial charge < -0.3 is 10.1 Å². The van der Waals surface area contributed by atoms with Gasteiger partial charge in [-0.15, -0.1) is 0 Å². The summed E-state index contributed by atoms with van der Waals surface area (Å²) in [5.74, 6) is 2.13. The van der Waals surface area contributed by atoms with E-state index in [9.17, 15) is 0 Å². The topological polar surface area (TPSA) is 34.1 Å². The van der Waals surface area contributed by atoms with Crippen LogP contribution in [0.25, 0.3) is 0 Å². The summed E-state index contributed by atoms with van der Waals surface area (Å²) in [6.45, 7) is 4.32. The zero-order valence-corrected chi connectivity index (χ0v) is 10.9. The molecule has 2 atom stereocenters. The molecule has 0 aliphatic heterocycles. The Morgan fingerprint density at radius 1 is 1.53 bits per heavy atom. The van der Waals surface area contributed by atoms with Gasteiger partial charge in [0, 0.05) is 17.6 Å². The zero-order valence-electron chi connectivity index (χ0n) is 9.33. The number of nitrogens with one attached hydrogen (secondary N) is 1. The fourth-order valence-electron chi connectivity index (χ4n) is 1.16. The molecule has 0 fully saturated rings. The van der Waals surface area contributed by atoms with Gasteiger partial charge in [-0.05, 0) is 25.0 Å². The molecule has 1 aromatic rings. The van der Waals surface area contributed by atoms with Crippen molar-refractivity contribution in [2.75, 3.05) is 17.8 Å². The third kappa shape index (κ3) is 3.38. The Hall–Kier alpha value is -0.770. The first-order valence-corrected chi connectivity index (χ1v) is 6.12. The highest BCUT2D eigenvalue weighted by molar-refractivity contribution is 9.09. The molecular weight excluding hydrogens is 256 g/mol. The van der Waals surface area contributed by atoms with Gasteiger partial charge in [-0.1, -0.05) is 22.9 Å². The Morgan fingerprint density at radius 2 is 2.27 bits per heavy atom. The number of aromatic nitrogens is 1. The van der Waals surface area contributed by atoms with Crippen LogP contribution in [0.15, 0.2) is 18.3 Å². The van der Waals surface area contributed by atoms with Crippen molar-refractivity contribution in [3.63, 3.8) is 0 Å². The molecule has 4 heteroatoms. The predicted molar refractivity (Wildman–Crippen MR) is 66.8 cm³/mol. The molecule has 84 valence electrons. The number of hydrogen-bond acceptors (Lipinski definition) is 3. The number of hydrogen-bond donors (Lipinski definition) is 1. The van der Waals surface area contributed by atoms with Gasteiger partial charge in [0.15, 0.2) is 11.6 Å². The standard InChI is InChI=1S/C11H17BrN2O/c1-8(7-12)9(2)14-11-10(15-3)5-4-6-13-11/h4-6,8-9H,7H2,1-3H3,(H,13,14). The fourth-order valence-corrected chi connectivity index (χ4v) is 1.72. The van der Waals surface area contributed by atoms with E-state index < -0.39 is 0 Å². The smallest absolute Gasteiger partial charge is 0.168 e. The molecule has 2 unspecified atom stereocenters. The summed E-state index contributed by atoms with van der Waals surface area (Å²) in [5.41, 5.74) is 0. The highest BCUT2D eigenvalue weighted by Crippen LogP contribution is 2.22. The van der Waals surface area contributed by atoms with E-state index in [0.29, 0.717) is 12.0 Å². The average Bonchev–Trinajstić information content (AvgIpc) is 2.28. The summed E-state index contributed by atoms with van der Waals surface area (Å²) < 4.78 is 5.22. The van der Waals surface area contributed by atoms with Crippen LogP contribution in [0.1, 0.15) is 13.8 Å². The maximum absolute atomic E-state index is 5.22. The van der Waals surface area contributed by atoms with Gasteiger partial charge in [0.25, 0.3) is 0 Å². The molecule has 0 aliphatic carbocycles. The number of methoxy groups -OCH3 is 1. The number of rotatable bonds is 5. The second-order valence-corrected chi connectivity index (χ2v) is 4.27. The van der Waals surface area contributed by atoms with Crippen LogP contribution in [0.2, 0.25) is 0 Å². The second kappa shape index (κ2) is 5.95. The minimum atomic E-state index is 0.355. The van der Waals surface area contributed by atoms with Crippen molar-refractivity contribution < 1.29 is 4.74 Å². The lowest BCUT2D eigenvalue weighted by Crippen LogP contribution is -2.25. The van der Waals surface area contributed by atoms with E-state index in [1.165, 1.54) is 0 Å². The number of ether oxygens (including phenoxy) is 1. The Labute approximate surface area is 99.4 Å². The largest absolute Gasteiger partial charge is 0.493 e. The molecule has 0 aromatic carbocycles. The van der Waals surface area contributed by atoms with Crippen LogP contribution in [0.4, 0.5) is 5.82 Å². The highest BCUT2D eigenvalue weighted by atomic mass is 79.9. The normalized spacial score (nSPS) is 14.4. The Morgan fingerprint density at radius 3 is 2.87 bits per heavy atom. The van der Waals surface area contributed by atoms with Gasteiger partial charge in [-0.2, -0.15) is 0 Å². The summed E-state index contributed by atoms with van der Waals surface area (Å²) >= 11 is 3.47. The Bertz CT molecular complexity index is 306. The van der Waals surface area contributed by atoms with Crippen molar-refractivity contribution in [2.24, 2.45) is 5.92 Å². The number of anilines is 1. The van der Waals surface area contributed by atoms with Crippen LogP contribution < -0.4 is 10.1 Å². The van der Waals surface area contributed by atoms with Gasteiger partial charge in [-0.3, -0.25) is 0 Å². The molecular formula is C11H17BrN2O. The quantitative estimate of drug-likeness (QED) is 0.837. The average molecular weight is 273 g/mol. The van der Waals surface area contributed by atoms with Crippen molar-refractivity contribution in [1.29, 1.82) is 0 Å². The maximum atomic E-state index is 5.22. The van der Waals surface area contributed by atoms with Crippen molar-refractivity contribution >= 4 is 21.7 Å². The number of alkyl halides is 1. The van der Waals surface area contributed by atoms with Gasteiger partial charge in [0.05, 0.1) is 7.11 Å². The molecule has 0 aliphatic rings. The molecule has 0 bridgehead atoms. The monoisotopic (exact) mass is 272 g/mol. The molecule has 1 N–H and O–H groups in total. The lowest BCUT2D eigenvalue weighted by Gasteiger charge is -2.20. The molecule has 0 spiro atoms. The van der Waals surface area contributed by atoms with E-state index in [4.69, 9.17) is 4.74 Å². The molecule has 1 aromatic heterocycles. The second-order valence-electron chi connectivity index (χ2n) is 3.62. The number of halogens is 1. The SMILES string of the molecule is COc1cccnc1NC(C)C(C)CBr. The zero-order chi connectivity index (χ0) is 11.3. The van der Waals surface area contributed by atoms with E-state index in [-0.39, 0.29) is 0 Å². The lowest BCUT2D eigenvalue weighted by atomic mass is 10.1. The van der Waals surface area contributed by atoms with Crippen LogP contribution in [0, 0.1) is 5.92 Å². The van der Waals surface area contributed by atoms with Gasteiger partial charge in [0.1, 0.15) is 0 Å². The van der Waals surface area contributed by atoms with E-state index in [1.54, 1.807) is 13.3 Å². The molecule has 0 saturated carbocycles. The van der Waals surface area contributed by atoms with E-state index in [0.717, 1.165) is 16.9 Å². The highest BCUT2D eigenvalue weighted by Gasteiger charge is 2.13. The van der Waals surface area contributed by atoms with Crippen LogP contribution >= 0.6 is 15.9 Å². The first kappa shape index (κ1) is 12.3. The fraction of sp³-hybridized carbons (Fsp3) is 0.545. The molecule has 1 rings (SSSR count). The van der Waals surface area contributed by atoms with Crippen molar-refractivity contribution in [3.8, 4) is 5.75 Å². The van der Waals surface area contributed by atoms with Gasteiger partial charge >= 0.3 is 0 Å². The predicted octanol–water partition coefficient (Wildman–Crippen LogP) is 2.92. The Balaban J connectivity index is 2.71. The van der Waals surface area contributed by atoms with Crippen LogP contribution in [-0.4, -0.2) is 23.5 Å². The summed E-state index contributed by atoms with van der Waals surface area (Å²) in [6, 6.07) is 4.12. The third-order valence-electron chi connectivity index (χ3n) is 2.45. The minimum absolute atomic E-state index is 0.355. The van der Waals surface area contributed by atoms with Crippen LogP contribution in [0.5, 0.6) is 5.75 Å². The molecule has 0 saturated heterocycles. The van der Waals surface area contributed by atoms with E-state index >= 15 is 0 Å². The minimum Gasteiger partial charge on any atom is -0.493 e. The molecule has 0 amide bonds. The summed E-state index contributed by atoms with van der Waals surface area (Å²) in [4.78, 5) is 4.25. The van der Waals surface area contributed by atoms with E-state index in [1.807, 2.05) is 12.1 Å². The maximum Gasteiger partial charge on any atom is 0.168 e.